The number of benzene rings is 1. The fourth-order valence-electron chi connectivity index (χ4n) is 0.752. The third kappa shape index (κ3) is 1.98. The fourth-order valence-corrected chi connectivity index (χ4v) is 1.12. The lowest BCUT2D eigenvalue weighted by Crippen LogP contribution is -1.92. The Morgan fingerprint density at radius 1 is 1.36 bits per heavy atom. The van der Waals surface area contributed by atoms with Gasteiger partial charge >= 0.3 is 0 Å². The summed E-state index contributed by atoms with van der Waals surface area (Å²) in [5.41, 5.74) is 7.15. The number of thioether (sulfide) groups is 1. The third-order valence-corrected chi connectivity index (χ3v) is 2.02. The van der Waals surface area contributed by atoms with Gasteiger partial charge in [0.05, 0.1) is 5.04 Å². The van der Waals surface area contributed by atoms with Gasteiger partial charge in [0.25, 0.3) is 0 Å². The van der Waals surface area contributed by atoms with Crippen molar-refractivity contribution >= 4 is 22.5 Å². The number of nitrogens with two attached hydrogens (primary N) is 1. The average Bonchev–Trinajstić information content (AvgIpc) is 2.05. The van der Waals surface area contributed by atoms with E-state index in [4.69, 9.17) is 11.1 Å². The van der Waals surface area contributed by atoms with Gasteiger partial charge in [0, 0.05) is 11.3 Å². The molecule has 3 heteroatoms. The van der Waals surface area contributed by atoms with Crippen molar-refractivity contribution in [3.63, 3.8) is 0 Å². The molecule has 1 aromatic rings. The molecule has 0 aliphatic carbocycles. The zero-order chi connectivity index (χ0) is 8.27. The van der Waals surface area contributed by atoms with Gasteiger partial charge in [0.1, 0.15) is 0 Å². The molecule has 0 saturated carbocycles. The van der Waals surface area contributed by atoms with Crippen LogP contribution in [0.4, 0.5) is 5.69 Å². The summed E-state index contributed by atoms with van der Waals surface area (Å²) in [4.78, 5) is 0. The van der Waals surface area contributed by atoms with Crippen LogP contribution in [-0.2, 0) is 0 Å². The molecule has 58 valence electrons. The van der Waals surface area contributed by atoms with Gasteiger partial charge in [-0.15, -0.1) is 11.8 Å². The lowest BCUT2D eigenvalue weighted by atomic mass is 10.2. The van der Waals surface area contributed by atoms with Crippen LogP contribution in [0.15, 0.2) is 24.3 Å². The number of hydrogen-bond donors (Lipinski definition) is 2. The highest BCUT2D eigenvalue weighted by molar-refractivity contribution is 8.13. The van der Waals surface area contributed by atoms with Crippen LogP contribution in [0.2, 0.25) is 0 Å². The smallest absolute Gasteiger partial charge is 0.0939 e. The van der Waals surface area contributed by atoms with Crippen LogP contribution in [0.1, 0.15) is 5.56 Å². The monoisotopic (exact) mass is 166 g/mol. The molecular weight excluding hydrogens is 156 g/mol. The molecule has 0 bridgehead atoms. The Morgan fingerprint density at radius 2 is 1.91 bits per heavy atom. The van der Waals surface area contributed by atoms with Gasteiger partial charge in [0.15, 0.2) is 0 Å². The molecule has 0 heterocycles. The van der Waals surface area contributed by atoms with E-state index in [2.05, 4.69) is 0 Å². The van der Waals surface area contributed by atoms with Gasteiger partial charge in [-0.1, -0.05) is 12.1 Å². The van der Waals surface area contributed by atoms with Crippen LogP contribution < -0.4 is 5.73 Å². The van der Waals surface area contributed by atoms with E-state index < -0.39 is 0 Å². The minimum atomic E-state index is 0.574. The Hall–Kier alpha value is -0.960. The first kappa shape index (κ1) is 8.14. The van der Waals surface area contributed by atoms with Crippen molar-refractivity contribution in [3.05, 3.63) is 29.8 Å². The molecule has 11 heavy (non-hydrogen) atoms. The van der Waals surface area contributed by atoms with Crippen molar-refractivity contribution in [1.29, 1.82) is 5.41 Å². The summed E-state index contributed by atoms with van der Waals surface area (Å²) in [6.07, 6.45) is 1.89. The number of anilines is 1. The molecule has 1 rings (SSSR count). The van der Waals surface area contributed by atoms with Crippen molar-refractivity contribution in [2.45, 2.75) is 0 Å². The van der Waals surface area contributed by atoms with Crippen molar-refractivity contribution < 1.29 is 0 Å². The van der Waals surface area contributed by atoms with Crippen LogP contribution in [0, 0.1) is 5.41 Å². The highest BCUT2D eigenvalue weighted by Crippen LogP contribution is 2.11. The molecule has 0 unspecified atom stereocenters. The zero-order valence-electron chi connectivity index (χ0n) is 6.29. The summed E-state index contributed by atoms with van der Waals surface area (Å²) >= 11 is 1.43. The highest BCUT2D eigenvalue weighted by atomic mass is 32.2. The Labute approximate surface area is 70.3 Å². The van der Waals surface area contributed by atoms with Crippen LogP contribution in [0.5, 0.6) is 0 Å². The van der Waals surface area contributed by atoms with E-state index in [1.54, 1.807) is 12.1 Å². The van der Waals surface area contributed by atoms with Crippen LogP contribution >= 0.6 is 11.8 Å². The van der Waals surface area contributed by atoms with Gasteiger partial charge in [-0.2, -0.15) is 0 Å². The summed E-state index contributed by atoms with van der Waals surface area (Å²) in [6, 6.07) is 7.32. The van der Waals surface area contributed by atoms with Crippen molar-refractivity contribution in [2.75, 3.05) is 12.0 Å². The molecule has 0 radical (unpaired) electrons. The molecule has 3 N–H and O–H groups in total. The Morgan fingerprint density at radius 3 is 2.36 bits per heavy atom. The Balaban J connectivity index is 2.90. The maximum Gasteiger partial charge on any atom is 0.0939 e. The first-order chi connectivity index (χ1) is 5.24. The molecular formula is C8H10N2S. The van der Waals surface area contributed by atoms with Crippen molar-refractivity contribution in [2.24, 2.45) is 0 Å². The first-order valence-corrected chi connectivity index (χ1v) is 4.45. The van der Waals surface area contributed by atoms with Gasteiger partial charge < -0.3 is 5.73 Å². The molecule has 0 aliphatic rings. The summed E-state index contributed by atoms with van der Waals surface area (Å²) in [5.74, 6) is 0. The van der Waals surface area contributed by atoms with Gasteiger partial charge in [-0.3, -0.25) is 5.41 Å². The minimum Gasteiger partial charge on any atom is -0.399 e. The molecule has 0 saturated heterocycles. The summed E-state index contributed by atoms with van der Waals surface area (Å²) < 4.78 is 0. The quantitative estimate of drug-likeness (QED) is 0.380. The zero-order valence-corrected chi connectivity index (χ0v) is 7.11. The van der Waals surface area contributed by atoms with Crippen LogP contribution in [0.3, 0.4) is 0 Å². The Kier molecular flexibility index (Phi) is 2.54. The Bertz CT molecular complexity index is 253. The van der Waals surface area contributed by atoms with Crippen molar-refractivity contribution in [3.8, 4) is 0 Å². The highest BCUT2D eigenvalue weighted by Gasteiger charge is 1.96. The second-order valence-electron chi connectivity index (χ2n) is 2.16. The number of nitrogen functional groups attached to an aromatic ring is 1. The summed E-state index contributed by atoms with van der Waals surface area (Å²) in [5, 5.41) is 8.05. The molecule has 0 aromatic heterocycles. The number of rotatable bonds is 1. The number of hydrogen-bond acceptors (Lipinski definition) is 3. The molecule has 0 amide bonds. The fraction of sp³-hybridized carbons (Fsp3) is 0.125. The van der Waals surface area contributed by atoms with E-state index in [0.717, 1.165) is 11.3 Å². The minimum absolute atomic E-state index is 0.574. The second-order valence-corrected chi connectivity index (χ2v) is 2.97. The van der Waals surface area contributed by atoms with Gasteiger partial charge in [-0.05, 0) is 18.4 Å². The molecule has 0 atom stereocenters. The van der Waals surface area contributed by atoms with E-state index in [9.17, 15) is 0 Å². The summed E-state index contributed by atoms with van der Waals surface area (Å²) in [6.45, 7) is 0. The van der Waals surface area contributed by atoms with E-state index in [1.807, 2.05) is 18.4 Å². The van der Waals surface area contributed by atoms with E-state index in [0.29, 0.717) is 5.04 Å². The normalized spacial score (nSPS) is 9.55. The second kappa shape index (κ2) is 3.44. The van der Waals surface area contributed by atoms with Crippen LogP contribution in [-0.4, -0.2) is 11.3 Å². The van der Waals surface area contributed by atoms with E-state index in [1.165, 1.54) is 11.8 Å². The standard InChI is InChI=1S/C8H10N2S/c1-11-8(10)6-2-4-7(9)5-3-6/h2-5,10H,9H2,1H3. The molecule has 1 aromatic carbocycles. The third-order valence-electron chi connectivity index (χ3n) is 1.38. The lowest BCUT2D eigenvalue weighted by Gasteiger charge is -1.99. The topological polar surface area (TPSA) is 49.9 Å². The molecule has 2 nitrogen and oxygen atoms in total. The van der Waals surface area contributed by atoms with E-state index >= 15 is 0 Å². The first-order valence-electron chi connectivity index (χ1n) is 3.22. The maximum absolute atomic E-state index is 7.47. The largest absolute Gasteiger partial charge is 0.399 e. The van der Waals surface area contributed by atoms with Gasteiger partial charge in [0.2, 0.25) is 0 Å². The lowest BCUT2D eigenvalue weighted by molar-refractivity contribution is 1.53. The van der Waals surface area contributed by atoms with Crippen molar-refractivity contribution in [1.82, 2.24) is 0 Å². The maximum atomic E-state index is 7.47. The SMILES string of the molecule is CSC(=N)c1ccc(N)cc1. The molecule has 0 spiro atoms. The van der Waals surface area contributed by atoms with Crippen LogP contribution in [0.25, 0.3) is 0 Å². The van der Waals surface area contributed by atoms with Gasteiger partial charge in [-0.25, -0.2) is 0 Å². The predicted molar refractivity (Wildman–Crippen MR) is 51.2 cm³/mol. The molecule has 0 fully saturated rings. The molecule has 0 aliphatic heterocycles. The van der Waals surface area contributed by atoms with E-state index in [-0.39, 0.29) is 0 Å². The predicted octanol–water partition coefficient (Wildman–Crippen LogP) is 1.96. The summed E-state index contributed by atoms with van der Waals surface area (Å²) in [7, 11) is 0. The average molecular weight is 166 g/mol. The number of nitrogens with one attached hydrogen (secondary N) is 1.